The summed E-state index contributed by atoms with van der Waals surface area (Å²) in [5.74, 6) is 1.09. The zero-order chi connectivity index (χ0) is 9.68. The molecule has 0 radical (unpaired) electrons. The highest BCUT2D eigenvalue weighted by molar-refractivity contribution is 5.81. The zero-order valence-electron chi connectivity index (χ0n) is 8.03. The Hall–Kier alpha value is -1.38. The summed E-state index contributed by atoms with van der Waals surface area (Å²) in [5.41, 5.74) is 1.08. The molecule has 0 saturated carbocycles. The van der Waals surface area contributed by atoms with Gasteiger partial charge in [0.05, 0.1) is 12.4 Å². The number of hydrogen-bond donors (Lipinski definition) is 0. The molecule has 1 rings (SSSR count). The molecule has 0 unspecified atom stereocenters. The molecule has 0 amide bonds. The number of nitrogens with zero attached hydrogens (tertiary/aromatic N) is 3. The second-order valence-corrected chi connectivity index (χ2v) is 2.94. The molecule has 0 aliphatic carbocycles. The van der Waals surface area contributed by atoms with Crippen molar-refractivity contribution in [2.24, 2.45) is 9.98 Å². The predicted molar refractivity (Wildman–Crippen MR) is 57.4 cm³/mol. The molecular formula is C10H15N3. The maximum Gasteiger partial charge on any atom is 0.0961 e. The van der Waals surface area contributed by atoms with Crippen molar-refractivity contribution in [1.82, 2.24) is 4.90 Å². The fourth-order valence-electron chi connectivity index (χ4n) is 1.28. The van der Waals surface area contributed by atoms with Crippen LogP contribution in [0.3, 0.4) is 0 Å². The molecule has 0 saturated heterocycles. The van der Waals surface area contributed by atoms with Crippen molar-refractivity contribution in [2.45, 2.75) is 6.92 Å². The standard InChI is InChI=1S/C10H15N3/c1-4-10(7-11-3)8-13-6-5-12-9(13)2/h4,7H,1,3,5-6,8H2,2H3/b10-7+. The second kappa shape index (κ2) is 4.60. The molecule has 1 aliphatic heterocycles. The topological polar surface area (TPSA) is 28.0 Å². The Bertz CT molecular complexity index is 263. The first-order valence-corrected chi connectivity index (χ1v) is 4.31. The van der Waals surface area contributed by atoms with E-state index in [2.05, 4.69) is 28.2 Å². The monoisotopic (exact) mass is 177 g/mol. The summed E-state index contributed by atoms with van der Waals surface area (Å²) in [6.45, 7) is 11.9. The van der Waals surface area contributed by atoms with Gasteiger partial charge in [-0.25, -0.2) is 0 Å². The first kappa shape index (κ1) is 9.71. The minimum atomic E-state index is 0.831. The first-order valence-electron chi connectivity index (χ1n) is 4.31. The number of amidine groups is 1. The van der Waals surface area contributed by atoms with E-state index in [1.807, 2.05) is 6.92 Å². The van der Waals surface area contributed by atoms with Crippen LogP contribution in [0.1, 0.15) is 6.92 Å². The number of hydrogen-bond acceptors (Lipinski definition) is 3. The lowest BCUT2D eigenvalue weighted by molar-refractivity contribution is 0.496. The van der Waals surface area contributed by atoms with Gasteiger partial charge in [-0.05, 0) is 19.2 Å². The van der Waals surface area contributed by atoms with Crippen LogP contribution in [0.15, 0.2) is 34.4 Å². The van der Waals surface area contributed by atoms with E-state index in [1.165, 1.54) is 0 Å². The van der Waals surface area contributed by atoms with Gasteiger partial charge in [0.2, 0.25) is 0 Å². The summed E-state index contributed by atoms with van der Waals surface area (Å²) in [5, 5.41) is 0. The van der Waals surface area contributed by atoms with Crippen LogP contribution in [0, 0.1) is 0 Å². The van der Waals surface area contributed by atoms with Gasteiger partial charge in [-0.15, -0.1) is 0 Å². The highest BCUT2D eigenvalue weighted by Crippen LogP contribution is 2.06. The third-order valence-corrected chi connectivity index (χ3v) is 2.06. The van der Waals surface area contributed by atoms with Gasteiger partial charge in [-0.2, -0.15) is 0 Å². The Morgan fingerprint density at radius 1 is 1.77 bits per heavy atom. The zero-order valence-corrected chi connectivity index (χ0v) is 8.03. The van der Waals surface area contributed by atoms with Crippen LogP contribution in [0.5, 0.6) is 0 Å². The van der Waals surface area contributed by atoms with Gasteiger partial charge in [0.25, 0.3) is 0 Å². The van der Waals surface area contributed by atoms with E-state index in [4.69, 9.17) is 0 Å². The molecule has 0 N–H and O–H groups in total. The minimum absolute atomic E-state index is 0.831. The van der Waals surface area contributed by atoms with Crippen molar-refractivity contribution < 1.29 is 0 Å². The van der Waals surface area contributed by atoms with Crippen LogP contribution >= 0.6 is 0 Å². The van der Waals surface area contributed by atoms with Crippen molar-refractivity contribution >= 4 is 12.6 Å². The van der Waals surface area contributed by atoms with Crippen LogP contribution < -0.4 is 0 Å². The van der Waals surface area contributed by atoms with E-state index >= 15 is 0 Å². The molecule has 0 aromatic carbocycles. The van der Waals surface area contributed by atoms with Gasteiger partial charge in [0, 0.05) is 19.3 Å². The van der Waals surface area contributed by atoms with Crippen molar-refractivity contribution in [1.29, 1.82) is 0 Å². The quantitative estimate of drug-likeness (QED) is 0.472. The van der Waals surface area contributed by atoms with E-state index in [-0.39, 0.29) is 0 Å². The normalized spacial score (nSPS) is 17.2. The van der Waals surface area contributed by atoms with Crippen LogP contribution in [-0.2, 0) is 0 Å². The second-order valence-electron chi connectivity index (χ2n) is 2.94. The molecule has 13 heavy (non-hydrogen) atoms. The van der Waals surface area contributed by atoms with E-state index in [1.54, 1.807) is 12.3 Å². The lowest BCUT2D eigenvalue weighted by atomic mass is 10.2. The lowest BCUT2D eigenvalue weighted by Gasteiger charge is -2.17. The summed E-state index contributed by atoms with van der Waals surface area (Å²) in [6, 6.07) is 0. The summed E-state index contributed by atoms with van der Waals surface area (Å²) in [4.78, 5) is 10.2. The average molecular weight is 177 g/mol. The Morgan fingerprint density at radius 3 is 3.00 bits per heavy atom. The summed E-state index contributed by atoms with van der Waals surface area (Å²) in [6.07, 6.45) is 3.54. The molecular weight excluding hydrogens is 162 g/mol. The highest BCUT2D eigenvalue weighted by atomic mass is 15.2. The molecule has 70 valence electrons. The molecule has 1 aliphatic rings. The third kappa shape index (κ3) is 2.54. The highest BCUT2D eigenvalue weighted by Gasteiger charge is 2.12. The SMILES string of the molecule is C=C/C(=C\N=C)CN1CCN=C1C. The van der Waals surface area contributed by atoms with E-state index < -0.39 is 0 Å². The van der Waals surface area contributed by atoms with Gasteiger partial charge >= 0.3 is 0 Å². The summed E-state index contributed by atoms with van der Waals surface area (Å²) in [7, 11) is 0. The maximum atomic E-state index is 4.30. The Balaban J connectivity index is 2.56. The number of aliphatic imine (C=N–C) groups is 2. The van der Waals surface area contributed by atoms with Crippen molar-refractivity contribution in [3.05, 3.63) is 24.4 Å². The van der Waals surface area contributed by atoms with E-state index in [9.17, 15) is 0 Å². The fraction of sp³-hybridized carbons (Fsp3) is 0.400. The van der Waals surface area contributed by atoms with Crippen LogP contribution in [0.4, 0.5) is 0 Å². The van der Waals surface area contributed by atoms with Gasteiger partial charge in [-0.1, -0.05) is 12.7 Å². The average Bonchev–Trinajstić information content (AvgIpc) is 2.51. The molecule has 0 atom stereocenters. The van der Waals surface area contributed by atoms with Gasteiger partial charge < -0.3 is 4.90 Å². The van der Waals surface area contributed by atoms with Crippen molar-refractivity contribution in [3.63, 3.8) is 0 Å². The Kier molecular flexibility index (Phi) is 3.43. The first-order chi connectivity index (χ1) is 6.27. The van der Waals surface area contributed by atoms with Crippen molar-refractivity contribution in [2.75, 3.05) is 19.6 Å². The Labute approximate surface area is 79.2 Å². The third-order valence-electron chi connectivity index (χ3n) is 2.06. The maximum absolute atomic E-state index is 4.30. The molecule has 0 bridgehead atoms. The smallest absolute Gasteiger partial charge is 0.0961 e. The van der Waals surface area contributed by atoms with Gasteiger partial charge in [0.1, 0.15) is 0 Å². The molecule has 1 heterocycles. The van der Waals surface area contributed by atoms with Crippen LogP contribution in [-0.4, -0.2) is 37.1 Å². The van der Waals surface area contributed by atoms with Gasteiger partial charge in [0.15, 0.2) is 0 Å². The molecule has 0 spiro atoms. The lowest BCUT2D eigenvalue weighted by Crippen LogP contribution is -2.27. The minimum Gasteiger partial charge on any atom is -0.354 e. The fourth-order valence-corrected chi connectivity index (χ4v) is 1.28. The molecule has 0 fully saturated rings. The molecule has 3 nitrogen and oxygen atoms in total. The Morgan fingerprint density at radius 2 is 2.54 bits per heavy atom. The van der Waals surface area contributed by atoms with E-state index in [0.717, 1.165) is 31.0 Å². The molecule has 3 heteroatoms. The van der Waals surface area contributed by atoms with Gasteiger partial charge in [-0.3, -0.25) is 9.98 Å². The number of rotatable bonds is 4. The van der Waals surface area contributed by atoms with Crippen LogP contribution in [0.25, 0.3) is 0 Å². The predicted octanol–water partition coefficient (Wildman–Crippen LogP) is 1.49. The molecule has 0 aromatic heterocycles. The van der Waals surface area contributed by atoms with E-state index in [0.29, 0.717) is 0 Å². The largest absolute Gasteiger partial charge is 0.354 e. The summed E-state index contributed by atoms with van der Waals surface area (Å²) >= 11 is 0. The molecule has 0 aromatic rings. The van der Waals surface area contributed by atoms with Crippen molar-refractivity contribution in [3.8, 4) is 0 Å². The van der Waals surface area contributed by atoms with Crippen LogP contribution in [0.2, 0.25) is 0 Å². The summed E-state index contributed by atoms with van der Waals surface area (Å²) < 4.78 is 0.